The van der Waals surface area contributed by atoms with E-state index in [1.54, 1.807) is 0 Å². The summed E-state index contributed by atoms with van der Waals surface area (Å²) >= 11 is 3.58. The van der Waals surface area contributed by atoms with Crippen molar-refractivity contribution in [3.8, 4) is 11.5 Å². The lowest BCUT2D eigenvalue weighted by atomic mass is 9.81. The van der Waals surface area contributed by atoms with Crippen LogP contribution >= 0.6 is 15.9 Å². The van der Waals surface area contributed by atoms with Gasteiger partial charge in [-0.3, -0.25) is 0 Å². The highest BCUT2D eigenvalue weighted by atomic mass is 79.9. The monoisotopic (exact) mass is 298 g/mol. The lowest BCUT2D eigenvalue weighted by Gasteiger charge is -2.32. The van der Waals surface area contributed by atoms with E-state index in [1.807, 2.05) is 6.07 Å². The van der Waals surface area contributed by atoms with Crippen molar-refractivity contribution in [1.82, 2.24) is 0 Å². The molecule has 17 heavy (non-hydrogen) atoms. The fraction of sp³-hybridized carbons (Fsp3) is 0.538. The van der Waals surface area contributed by atoms with Crippen molar-refractivity contribution in [2.45, 2.75) is 31.8 Å². The van der Waals surface area contributed by atoms with Gasteiger partial charge in [0.25, 0.3) is 0 Å². The maximum absolute atomic E-state index is 10.2. The normalized spacial score (nSPS) is 26.5. The first-order valence-corrected chi connectivity index (χ1v) is 6.77. The van der Waals surface area contributed by atoms with Crippen LogP contribution in [0.3, 0.4) is 0 Å². The van der Waals surface area contributed by atoms with Crippen LogP contribution in [0.4, 0.5) is 0 Å². The average molecular weight is 299 g/mol. The Hall–Kier alpha value is -0.740. The Morgan fingerprint density at radius 1 is 1.24 bits per heavy atom. The van der Waals surface area contributed by atoms with Gasteiger partial charge in [0.15, 0.2) is 11.5 Å². The lowest BCUT2D eigenvalue weighted by Crippen LogP contribution is -2.21. The first-order chi connectivity index (χ1) is 8.18. The molecule has 2 atom stereocenters. The summed E-state index contributed by atoms with van der Waals surface area (Å²) in [5, 5.41) is 10.2. The molecule has 0 saturated carbocycles. The molecule has 0 spiro atoms. The van der Waals surface area contributed by atoms with E-state index in [0.717, 1.165) is 34.4 Å². The molecule has 0 fully saturated rings. The number of aliphatic hydroxyl groups is 1. The smallest absolute Gasteiger partial charge is 0.167 e. The Balaban J connectivity index is 2.24. The van der Waals surface area contributed by atoms with Gasteiger partial charge in [-0.1, -0.05) is 22.9 Å². The lowest BCUT2D eigenvalue weighted by molar-refractivity contribution is 0.129. The minimum Gasteiger partial charge on any atom is -0.486 e. The SMILES string of the molecule is CC1CCC(O)c2c3c(cc(Br)c21)OCCO3. The molecule has 1 N–H and O–H groups in total. The Bertz CT molecular complexity index is 458. The zero-order valence-corrected chi connectivity index (χ0v) is 11.3. The molecule has 1 aliphatic heterocycles. The summed E-state index contributed by atoms with van der Waals surface area (Å²) in [6.07, 6.45) is 1.36. The Labute approximate surface area is 109 Å². The van der Waals surface area contributed by atoms with Gasteiger partial charge >= 0.3 is 0 Å². The number of ether oxygens (including phenoxy) is 2. The number of aliphatic hydroxyl groups excluding tert-OH is 1. The second kappa shape index (κ2) is 4.18. The molecule has 92 valence electrons. The molecule has 2 unspecified atom stereocenters. The van der Waals surface area contributed by atoms with Crippen molar-refractivity contribution in [2.75, 3.05) is 13.2 Å². The third kappa shape index (κ3) is 1.74. The quantitative estimate of drug-likeness (QED) is 0.800. The summed E-state index contributed by atoms with van der Waals surface area (Å²) < 4.78 is 12.3. The molecule has 1 aliphatic carbocycles. The molecule has 0 radical (unpaired) electrons. The van der Waals surface area contributed by atoms with Crippen LogP contribution in [0.5, 0.6) is 11.5 Å². The summed E-state index contributed by atoms with van der Waals surface area (Å²) in [6, 6.07) is 1.96. The van der Waals surface area contributed by atoms with Gasteiger partial charge in [0.1, 0.15) is 13.2 Å². The summed E-state index contributed by atoms with van der Waals surface area (Å²) in [7, 11) is 0. The maximum Gasteiger partial charge on any atom is 0.167 e. The van der Waals surface area contributed by atoms with Crippen molar-refractivity contribution in [3.63, 3.8) is 0 Å². The maximum atomic E-state index is 10.2. The van der Waals surface area contributed by atoms with Crippen molar-refractivity contribution in [3.05, 3.63) is 21.7 Å². The van der Waals surface area contributed by atoms with E-state index in [-0.39, 0.29) is 0 Å². The van der Waals surface area contributed by atoms with Gasteiger partial charge < -0.3 is 14.6 Å². The van der Waals surface area contributed by atoms with Gasteiger partial charge in [0, 0.05) is 10.0 Å². The molecule has 2 aliphatic rings. The summed E-state index contributed by atoms with van der Waals surface area (Å²) in [6.45, 7) is 3.32. The highest BCUT2D eigenvalue weighted by Crippen LogP contribution is 2.50. The number of hydrogen-bond acceptors (Lipinski definition) is 3. The number of rotatable bonds is 0. The molecule has 3 nitrogen and oxygen atoms in total. The summed E-state index contributed by atoms with van der Waals surface area (Å²) in [5.41, 5.74) is 2.10. The number of benzene rings is 1. The van der Waals surface area contributed by atoms with E-state index in [2.05, 4.69) is 22.9 Å². The summed E-state index contributed by atoms with van der Waals surface area (Å²) in [5.74, 6) is 1.93. The molecule has 1 heterocycles. The van der Waals surface area contributed by atoms with Gasteiger partial charge in [-0.2, -0.15) is 0 Å². The van der Waals surface area contributed by atoms with E-state index in [1.165, 1.54) is 5.56 Å². The Morgan fingerprint density at radius 3 is 2.82 bits per heavy atom. The molecular weight excluding hydrogens is 284 g/mol. The van der Waals surface area contributed by atoms with E-state index < -0.39 is 6.10 Å². The Kier molecular flexibility index (Phi) is 2.79. The van der Waals surface area contributed by atoms with Crippen LogP contribution in [0.15, 0.2) is 10.5 Å². The molecule has 0 amide bonds. The molecular formula is C13H15BrO3. The minimum absolute atomic E-state index is 0.436. The van der Waals surface area contributed by atoms with Crippen LogP contribution in [0.25, 0.3) is 0 Å². The second-order valence-electron chi connectivity index (χ2n) is 4.70. The van der Waals surface area contributed by atoms with Crippen LogP contribution < -0.4 is 9.47 Å². The average Bonchev–Trinajstić information content (AvgIpc) is 2.33. The van der Waals surface area contributed by atoms with Crippen LogP contribution in [-0.4, -0.2) is 18.3 Å². The molecule has 4 heteroatoms. The zero-order valence-electron chi connectivity index (χ0n) is 9.70. The van der Waals surface area contributed by atoms with E-state index in [4.69, 9.17) is 9.47 Å². The van der Waals surface area contributed by atoms with Gasteiger partial charge in [0.05, 0.1) is 6.10 Å². The predicted molar refractivity (Wildman–Crippen MR) is 67.7 cm³/mol. The topological polar surface area (TPSA) is 38.7 Å². The van der Waals surface area contributed by atoms with Crippen molar-refractivity contribution in [2.24, 2.45) is 0 Å². The van der Waals surface area contributed by atoms with Crippen molar-refractivity contribution >= 4 is 15.9 Å². The van der Waals surface area contributed by atoms with Gasteiger partial charge in [0.2, 0.25) is 0 Å². The first-order valence-electron chi connectivity index (χ1n) is 5.98. The highest BCUT2D eigenvalue weighted by Gasteiger charge is 2.32. The molecule has 3 rings (SSSR count). The fourth-order valence-electron chi connectivity index (χ4n) is 2.72. The van der Waals surface area contributed by atoms with Crippen LogP contribution in [0, 0.1) is 0 Å². The van der Waals surface area contributed by atoms with Crippen LogP contribution in [0.2, 0.25) is 0 Å². The van der Waals surface area contributed by atoms with Gasteiger partial charge in [-0.05, 0) is 30.4 Å². The molecule has 0 bridgehead atoms. The van der Waals surface area contributed by atoms with E-state index in [0.29, 0.717) is 19.1 Å². The van der Waals surface area contributed by atoms with Crippen LogP contribution in [0.1, 0.15) is 42.9 Å². The van der Waals surface area contributed by atoms with Gasteiger partial charge in [-0.15, -0.1) is 0 Å². The molecule has 0 aromatic heterocycles. The fourth-order valence-corrected chi connectivity index (χ4v) is 3.53. The predicted octanol–water partition coefficient (Wildman–Crippen LogP) is 3.15. The minimum atomic E-state index is -0.436. The van der Waals surface area contributed by atoms with E-state index >= 15 is 0 Å². The first kappa shape index (κ1) is 11.4. The molecule has 1 aromatic rings. The Morgan fingerprint density at radius 2 is 2.00 bits per heavy atom. The van der Waals surface area contributed by atoms with Crippen molar-refractivity contribution in [1.29, 1.82) is 0 Å². The number of fused-ring (bicyclic) bond motifs is 3. The second-order valence-corrected chi connectivity index (χ2v) is 5.56. The van der Waals surface area contributed by atoms with Gasteiger partial charge in [-0.25, -0.2) is 0 Å². The number of hydrogen-bond donors (Lipinski definition) is 1. The molecule has 1 aromatic carbocycles. The third-order valence-corrected chi connectivity index (χ3v) is 4.22. The molecule has 0 saturated heterocycles. The number of halogens is 1. The van der Waals surface area contributed by atoms with E-state index in [9.17, 15) is 5.11 Å². The summed E-state index contributed by atoms with van der Waals surface area (Å²) in [4.78, 5) is 0. The highest BCUT2D eigenvalue weighted by molar-refractivity contribution is 9.10. The largest absolute Gasteiger partial charge is 0.486 e. The zero-order chi connectivity index (χ0) is 12.0. The van der Waals surface area contributed by atoms with Crippen LogP contribution in [-0.2, 0) is 0 Å². The third-order valence-electron chi connectivity index (χ3n) is 3.56. The standard InChI is InChI=1S/C13H15BrO3/c1-7-2-3-9(15)12-11(7)8(14)6-10-13(12)17-5-4-16-10/h6-7,9,15H,2-5H2,1H3. The van der Waals surface area contributed by atoms with Crippen molar-refractivity contribution < 1.29 is 14.6 Å².